The number of aliphatic carboxylic acids is 1. The van der Waals surface area contributed by atoms with Gasteiger partial charge >= 0.3 is 5.97 Å². The molecular formula is C42H26N8O2. The van der Waals surface area contributed by atoms with Crippen LogP contribution in [0.15, 0.2) is 103 Å². The summed E-state index contributed by atoms with van der Waals surface area (Å²) in [6.07, 6.45) is 1.09. The Kier molecular flexibility index (Phi) is 6.66. The number of hydrogen-bond acceptors (Lipinski definition) is 7. The Morgan fingerprint density at radius 1 is 0.538 bits per heavy atom. The lowest BCUT2D eigenvalue weighted by molar-refractivity contribution is -0.137. The van der Waals surface area contributed by atoms with Crippen molar-refractivity contribution >= 4 is 60.9 Å². The number of nitrogens with one attached hydrogen (secondary N) is 2. The van der Waals surface area contributed by atoms with Crippen molar-refractivity contribution in [2.24, 2.45) is 0 Å². The standard InChI is InChI=1S/C42H26N8O2/c51-34(52)20-3-1-2-11-23-12-10-13-24-21-32-33(22-31(23)24)42-49-40-30-19-9-7-17-28(30)38(47-40)45-36-26-15-5-4-14-25(26)35(43-36)44-37-27-16-6-8-18-29(27)39(46-37)48-41(32)50-42/h4-10,12-19,21-22H,1,3,20H2,(H,51,52)(H2,43,44,45,46,47,48,49,50). The topological polar surface area (TPSA) is 146 Å². The lowest BCUT2D eigenvalue weighted by Gasteiger charge is -2.02. The lowest BCUT2D eigenvalue weighted by atomic mass is 10.0. The summed E-state index contributed by atoms with van der Waals surface area (Å²) in [7, 11) is 0. The first-order chi connectivity index (χ1) is 25.6. The summed E-state index contributed by atoms with van der Waals surface area (Å²) in [6.45, 7) is 0. The Hall–Kier alpha value is -7.25. The molecule has 3 N–H and O–H groups in total. The molecule has 246 valence electrons. The van der Waals surface area contributed by atoms with Crippen molar-refractivity contribution in [3.05, 3.63) is 109 Å². The SMILES string of the molecule is O=C(O)CCCC#Cc1cccc2cc3c4nc5nc(nc6[nH]c(nc7nc(nc([nH]4)c3cc12)-c1ccccc1-7)c1ccccc61)-c1ccccc1-5. The number of benzene rings is 5. The van der Waals surface area contributed by atoms with E-state index in [4.69, 9.17) is 35.0 Å². The van der Waals surface area contributed by atoms with E-state index in [9.17, 15) is 4.79 Å². The molecule has 5 aromatic carbocycles. The van der Waals surface area contributed by atoms with Crippen molar-refractivity contribution in [1.29, 1.82) is 0 Å². The highest BCUT2D eigenvalue weighted by atomic mass is 16.4. The predicted octanol–water partition coefficient (Wildman–Crippen LogP) is 8.63. The summed E-state index contributed by atoms with van der Waals surface area (Å²) < 4.78 is 0. The minimum atomic E-state index is -0.817. The Morgan fingerprint density at radius 3 is 1.54 bits per heavy atom. The summed E-state index contributed by atoms with van der Waals surface area (Å²) in [4.78, 5) is 48.4. The van der Waals surface area contributed by atoms with E-state index in [-0.39, 0.29) is 6.42 Å². The van der Waals surface area contributed by atoms with Crippen LogP contribution >= 0.6 is 0 Å². The van der Waals surface area contributed by atoms with Gasteiger partial charge in [-0.25, -0.2) is 29.9 Å². The average Bonchev–Trinajstić information content (AvgIpc) is 3.89. The summed E-state index contributed by atoms with van der Waals surface area (Å²) in [5.41, 5.74) is 6.85. The van der Waals surface area contributed by atoms with Gasteiger partial charge in [0.05, 0.1) is 0 Å². The van der Waals surface area contributed by atoms with Crippen molar-refractivity contribution in [1.82, 2.24) is 39.9 Å². The number of aromatic amines is 2. The second-order valence-corrected chi connectivity index (χ2v) is 12.7. The molecule has 0 fully saturated rings. The van der Waals surface area contributed by atoms with E-state index < -0.39 is 5.97 Å². The fraction of sp³-hybridized carbons (Fsp3) is 0.0714. The van der Waals surface area contributed by atoms with Crippen LogP contribution in [0.3, 0.4) is 0 Å². The molecule has 52 heavy (non-hydrogen) atoms. The molecule has 0 radical (unpaired) electrons. The highest BCUT2D eigenvalue weighted by molar-refractivity contribution is 6.12. The van der Waals surface area contributed by atoms with Gasteiger partial charge in [0.1, 0.15) is 22.6 Å². The van der Waals surface area contributed by atoms with Gasteiger partial charge in [0.25, 0.3) is 0 Å². The molecule has 2 aliphatic heterocycles. The first-order valence-corrected chi connectivity index (χ1v) is 16.9. The number of hydrogen-bond donors (Lipinski definition) is 3. The van der Waals surface area contributed by atoms with E-state index in [0.29, 0.717) is 58.7 Å². The van der Waals surface area contributed by atoms with E-state index in [1.807, 2.05) is 84.9 Å². The molecular weight excluding hydrogens is 649 g/mol. The molecule has 0 unspecified atom stereocenters. The van der Waals surface area contributed by atoms with E-state index in [0.717, 1.165) is 60.1 Å². The van der Waals surface area contributed by atoms with Gasteiger partial charge in [0.15, 0.2) is 23.3 Å². The molecule has 8 aromatic rings. The fourth-order valence-corrected chi connectivity index (χ4v) is 7.01. The lowest BCUT2D eigenvalue weighted by Crippen LogP contribution is -1.92. The predicted molar refractivity (Wildman–Crippen MR) is 202 cm³/mol. The third kappa shape index (κ3) is 4.87. The van der Waals surface area contributed by atoms with Crippen LogP contribution in [0.4, 0.5) is 0 Å². The third-order valence-electron chi connectivity index (χ3n) is 9.47. The van der Waals surface area contributed by atoms with Gasteiger partial charge in [-0.3, -0.25) is 4.79 Å². The number of unbranched alkanes of at least 4 members (excludes halogenated alkanes) is 1. The van der Waals surface area contributed by atoms with Crippen LogP contribution < -0.4 is 0 Å². The van der Waals surface area contributed by atoms with Gasteiger partial charge in [0, 0.05) is 62.2 Å². The van der Waals surface area contributed by atoms with Crippen molar-refractivity contribution in [3.63, 3.8) is 0 Å². The second-order valence-electron chi connectivity index (χ2n) is 12.7. The van der Waals surface area contributed by atoms with E-state index in [2.05, 4.69) is 40.0 Å². The number of aromatic nitrogens is 8. The van der Waals surface area contributed by atoms with Crippen LogP contribution in [0.2, 0.25) is 0 Å². The molecule has 2 aliphatic rings. The van der Waals surface area contributed by atoms with Crippen LogP contribution in [0, 0.1) is 11.8 Å². The quantitative estimate of drug-likeness (QED) is 0.125. The Morgan fingerprint density at radius 2 is 1.02 bits per heavy atom. The molecule has 0 amide bonds. The average molecular weight is 675 g/mol. The fourth-order valence-electron chi connectivity index (χ4n) is 7.01. The number of carboxylic acids is 1. The zero-order chi connectivity index (χ0) is 34.8. The van der Waals surface area contributed by atoms with Crippen LogP contribution in [0.25, 0.3) is 100 Å². The molecule has 3 aromatic heterocycles. The van der Waals surface area contributed by atoms with Gasteiger partial charge in [-0.2, -0.15) is 0 Å². The number of H-pyrrole nitrogens is 2. The van der Waals surface area contributed by atoms with Crippen molar-refractivity contribution in [2.45, 2.75) is 19.3 Å². The summed E-state index contributed by atoms with van der Waals surface area (Å²) in [6, 6.07) is 34.2. The maximum absolute atomic E-state index is 11.0. The maximum atomic E-state index is 11.0. The summed E-state index contributed by atoms with van der Waals surface area (Å²) in [5, 5.41) is 14.5. The summed E-state index contributed by atoms with van der Waals surface area (Å²) in [5.74, 6) is 7.79. The molecule has 0 aliphatic carbocycles. The monoisotopic (exact) mass is 674 g/mol. The van der Waals surface area contributed by atoms with Crippen LogP contribution in [0.1, 0.15) is 24.8 Å². The highest BCUT2D eigenvalue weighted by Gasteiger charge is 2.22. The van der Waals surface area contributed by atoms with E-state index in [1.165, 1.54) is 0 Å². The Balaban J connectivity index is 1.31. The van der Waals surface area contributed by atoms with Crippen molar-refractivity contribution in [2.75, 3.05) is 0 Å². The molecule has 0 spiro atoms. The molecule has 8 bridgehead atoms. The van der Waals surface area contributed by atoms with E-state index in [1.54, 1.807) is 0 Å². The van der Waals surface area contributed by atoms with E-state index >= 15 is 0 Å². The van der Waals surface area contributed by atoms with Gasteiger partial charge in [-0.1, -0.05) is 96.8 Å². The smallest absolute Gasteiger partial charge is 0.303 e. The van der Waals surface area contributed by atoms with Crippen LogP contribution in [0.5, 0.6) is 0 Å². The van der Waals surface area contributed by atoms with Crippen LogP contribution in [-0.4, -0.2) is 50.9 Å². The molecule has 0 saturated carbocycles. The number of carboxylic acid groups (broad SMARTS) is 1. The highest BCUT2D eigenvalue weighted by Crippen LogP contribution is 2.37. The number of rotatable bonds is 3. The maximum Gasteiger partial charge on any atom is 0.303 e. The summed E-state index contributed by atoms with van der Waals surface area (Å²) >= 11 is 0. The molecule has 10 heteroatoms. The molecule has 5 heterocycles. The normalized spacial score (nSPS) is 11.7. The van der Waals surface area contributed by atoms with Crippen molar-refractivity contribution in [3.8, 4) is 57.4 Å². The van der Waals surface area contributed by atoms with Gasteiger partial charge in [0.2, 0.25) is 0 Å². The van der Waals surface area contributed by atoms with Crippen LogP contribution in [-0.2, 0) is 4.79 Å². The molecule has 0 atom stereocenters. The Bertz CT molecular complexity index is 3060. The molecule has 10 nitrogen and oxygen atoms in total. The first kappa shape index (κ1) is 29.6. The van der Waals surface area contributed by atoms with Crippen molar-refractivity contribution < 1.29 is 9.90 Å². The van der Waals surface area contributed by atoms with Gasteiger partial charge in [-0.15, -0.1) is 0 Å². The largest absolute Gasteiger partial charge is 0.481 e. The first-order valence-electron chi connectivity index (χ1n) is 16.9. The zero-order valence-electron chi connectivity index (χ0n) is 27.5. The second kappa shape index (κ2) is 11.7. The minimum Gasteiger partial charge on any atom is -0.481 e. The Labute approximate surface area is 295 Å². The number of nitrogens with zero attached hydrogens (tertiary/aromatic N) is 6. The van der Waals surface area contributed by atoms with Gasteiger partial charge < -0.3 is 15.1 Å². The van der Waals surface area contributed by atoms with Gasteiger partial charge in [-0.05, 0) is 35.4 Å². The zero-order valence-corrected chi connectivity index (χ0v) is 27.5. The minimum absolute atomic E-state index is 0.0937. The number of carbonyl (C=O) groups is 1. The molecule has 10 rings (SSSR count). The number of fused-ring (bicyclic) bond motifs is 21. The molecule has 0 saturated heterocycles. The third-order valence-corrected chi connectivity index (χ3v) is 9.47.